The number of halogens is 1. The molecule has 0 N–H and O–H groups in total. The second-order valence-electron chi connectivity index (χ2n) is 10.6. The van der Waals surface area contributed by atoms with Crippen LogP contribution >= 0.6 is 27.7 Å². The number of carbonyl (C=O) groups is 2. The van der Waals surface area contributed by atoms with Gasteiger partial charge in [-0.2, -0.15) is 0 Å². The fraction of sp³-hybridized carbons (Fsp3) is 0.429. The van der Waals surface area contributed by atoms with E-state index in [0.717, 1.165) is 50.9 Å². The lowest BCUT2D eigenvalue weighted by Crippen LogP contribution is -2.48. The molecule has 1 heterocycles. The summed E-state index contributed by atoms with van der Waals surface area (Å²) in [7, 11) is 1.66. The van der Waals surface area contributed by atoms with Crippen molar-refractivity contribution in [3.8, 4) is 5.75 Å². The minimum Gasteiger partial charge on any atom is -0.496 e. The smallest absolute Gasteiger partial charge is 0.293 e. The highest BCUT2D eigenvalue weighted by Gasteiger charge is 2.51. The van der Waals surface area contributed by atoms with Gasteiger partial charge in [-0.3, -0.25) is 14.5 Å². The van der Waals surface area contributed by atoms with Crippen LogP contribution in [0.5, 0.6) is 5.75 Å². The van der Waals surface area contributed by atoms with E-state index in [4.69, 9.17) is 4.74 Å². The van der Waals surface area contributed by atoms with Crippen molar-refractivity contribution in [1.82, 2.24) is 4.90 Å². The average Bonchev–Trinajstić information content (AvgIpc) is 3.05. The lowest BCUT2D eigenvalue weighted by molar-refractivity contribution is -0.123. The van der Waals surface area contributed by atoms with Crippen molar-refractivity contribution in [2.24, 2.45) is 17.8 Å². The molecule has 2 amide bonds. The van der Waals surface area contributed by atoms with Gasteiger partial charge in [-0.15, -0.1) is 0 Å². The molecule has 34 heavy (non-hydrogen) atoms. The van der Waals surface area contributed by atoms with Gasteiger partial charge in [-0.1, -0.05) is 34.1 Å². The standard InChI is InChI=1S/C28H28BrNO3S/c1-33-24-6-5-22(28-13-18-7-19(14-28)9-20(8-18)15-28)11-21(24)12-25-26(31)30(27(32)34-25)16-17-3-2-4-23(29)10-17/h2-6,10-12,18-20H,7-9,13-16H2,1H3/b25-12+. The quantitative estimate of drug-likeness (QED) is 0.379. The average molecular weight is 539 g/mol. The number of methoxy groups -OCH3 is 1. The zero-order valence-electron chi connectivity index (χ0n) is 19.3. The lowest BCUT2D eigenvalue weighted by Gasteiger charge is -2.57. The molecule has 0 spiro atoms. The molecule has 6 heteroatoms. The summed E-state index contributed by atoms with van der Waals surface area (Å²) in [6.07, 6.45) is 9.94. The molecule has 1 saturated heterocycles. The van der Waals surface area contributed by atoms with E-state index in [1.165, 1.54) is 49.0 Å². The summed E-state index contributed by atoms with van der Waals surface area (Å²) >= 11 is 4.47. The van der Waals surface area contributed by atoms with E-state index >= 15 is 0 Å². The first-order valence-corrected chi connectivity index (χ1v) is 13.7. The van der Waals surface area contributed by atoms with Gasteiger partial charge in [0.05, 0.1) is 18.6 Å². The highest BCUT2D eigenvalue weighted by Crippen LogP contribution is 2.61. The Bertz CT molecular complexity index is 1170. The molecule has 0 atom stereocenters. The van der Waals surface area contributed by atoms with E-state index in [1.807, 2.05) is 36.4 Å². The molecule has 2 aromatic rings. The first kappa shape index (κ1) is 22.4. The first-order valence-electron chi connectivity index (χ1n) is 12.1. The number of carbonyl (C=O) groups excluding carboxylic acids is 2. The van der Waals surface area contributed by atoms with Crippen LogP contribution in [0.1, 0.15) is 55.2 Å². The third kappa shape index (κ3) is 3.93. The zero-order chi connectivity index (χ0) is 23.4. The van der Waals surface area contributed by atoms with Crippen LogP contribution in [0.3, 0.4) is 0 Å². The molecule has 5 aliphatic rings. The fourth-order valence-corrected chi connectivity index (χ4v) is 8.51. The Morgan fingerprint density at radius 2 is 1.76 bits per heavy atom. The largest absolute Gasteiger partial charge is 0.496 e. The molecule has 176 valence electrons. The van der Waals surface area contributed by atoms with Crippen LogP contribution in [0.2, 0.25) is 0 Å². The Kier molecular flexibility index (Phi) is 5.64. The van der Waals surface area contributed by atoms with Gasteiger partial charge in [0.25, 0.3) is 11.1 Å². The van der Waals surface area contributed by atoms with Gasteiger partial charge in [0.1, 0.15) is 5.75 Å². The summed E-state index contributed by atoms with van der Waals surface area (Å²) < 4.78 is 6.59. The van der Waals surface area contributed by atoms with E-state index in [1.54, 1.807) is 7.11 Å². The van der Waals surface area contributed by atoms with Crippen molar-refractivity contribution in [2.75, 3.05) is 7.11 Å². The fourth-order valence-electron chi connectivity index (χ4n) is 7.24. The van der Waals surface area contributed by atoms with Crippen LogP contribution < -0.4 is 4.74 Å². The van der Waals surface area contributed by atoms with Crippen LogP contribution in [0, 0.1) is 17.8 Å². The molecule has 4 aliphatic carbocycles. The van der Waals surface area contributed by atoms with Gasteiger partial charge >= 0.3 is 0 Å². The van der Waals surface area contributed by atoms with Gasteiger partial charge in [0.15, 0.2) is 0 Å². The third-order valence-electron chi connectivity index (χ3n) is 8.27. The van der Waals surface area contributed by atoms with Crippen molar-refractivity contribution >= 4 is 44.9 Å². The van der Waals surface area contributed by atoms with E-state index in [-0.39, 0.29) is 23.1 Å². The Balaban J connectivity index is 1.30. The maximum absolute atomic E-state index is 13.2. The van der Waals surface area contributed by atoms with E-state index in [9.17, 15) is 9.59 Å². The van der Waals surface area contributed by atoms with Crippen molar-refractivity contribution < 1.29 is 14.3 Å². The molecule has 5 fully saturated rings. The van der Waals surface area contributed by atoms with Gasteiger partial charge in [0.2, 0.25) is 0 Å². The van der Waals surface area contributed by atoms with Crippen molar-refractivity contribution in [1.29, 1.82) is 0 Å². The molecule has 0 aromatic heterocycles. The van der Waals surface area contributed by atoms with Crippen LogP contribution in [-0.2, 0) is 16.8 Å². The number of hydrogen-bond donors (Lipinski definition) is 0. The van der Waals surface area contributed by atoms with Crippen molar-refractivity contribution in [2.45, 2.75) is 50.5 Å². The number of ether oxygens (including phenoxy) is 1. The zero-order valence-corrected chi connectivity index (χ0v) is 21.7. The minimum absolute atomic E-state index is 0.229. The maximum Gasteiger partial charge on any atom is 0.293 e. The number of nitrogens with zero attached hydrogens (tertiary/aromatic N) is 1. The lowest BCUT2D eigenvalue weighted by atomic mass is 9.48. The SMILES string of the molecule is COc1ccc(C23CC4CC(CC(C4)C2)C3)cc1/C=C1/SC(=O)N(Cc2cccc(Br)c2)C1=O. The molecule has 0 unspecified atom stereocenters. The van der Waals surface area contributed by atoms with E-state index in [2.05, 4.69) is 28.1 Å². The topological polar surface area (TPSA) is 46.6 Å². The highest BCUT2D eigenvalue weighted by atomic mass is 79.9. The highest BCUT2D eigenvalue weighted by molar-refractivity contribution is 9.10. The van der Waals surface area contributed by atoms with E-state index < -0.39 is 0 Å². The molecular weight excluding hydrogens is 510 g/mol. The molecule has 0 radical (unpaired) electrons. The minimum atomic E-state index is -0.239. The summed E-state index contributed by atoms with van der Waals surface area (Å²) in [6.45, 7) is 0.270. The Morgan fingerprint density at radius 1 is 1.06 bits per heavy atom. The second-order valence-corrected chi connectivity index (χ2v) is 12.5. The Hall–Kier alpha value is -2.05. The molecule has 1 aliphatic heterocycles. The van der Waals surface area contributed by atoms with Crippen LogP contribution in [-0.4, -0.2) is 23.2 Å². The number of amides is 2. The normalized spacial score (nSPS) is 31.1. The molecule has 7 rings (SSSR count). The first-order chi connectivity index (χ1) is 16.4. The molecule has 4 bridgehead atoms. The summed E-state index contributed by atoms with van der Waals surface area (Å²) in [5, 5.41) is -0.229. The number of rotatable bonds is 5. The predicted octanol–water partition coefficient (Wildman–Crippen LogP) is 7.16. The van der Waals surface area contributed by atoms with Crippen molar-refractivity contribution in [3.05, 3.63) is 68.5 Å². The van der Waals surface area contributed by atoms with Gasteiger partial charge < -0.3 is 4.74 Å². The van der Waals surface area contributed by atoms with Crippen LogP contribution in [0.15, 0.2) is 51.8 Å². The molecule has 4 nitrogen and oxygen atoms in total. The van der Waals surface area contributed by atoms with Gasteiger partial charge in [-0.25, -0.2) is 0 Å². The predicted molar refractivity (Wildman–Crippen MR) is 138 cm³/mol. The van der Waals surface area contributed by atoms with E-state index in [0.29, 0.717) is 4.91 Å². The summed E-state index contributed by atoms with van der Waals surface area (Å²) in [6, 6.07) is 14.2. The third-order valence-corrected chi connectivity index (χ3v) is 9.67. The molecule has 4 saturated carbocycles. The Morgan fingerprint density at radius 3 is 2.41 bits per heavy atom. The maximum atomic E-state index is 13.2. The summed E-state index contributed by atoms with van der Waals surface area (Å²) in [5.41, 5.74) is 3.46. The monoisotopic (exact) mass is 537 g/mol. The molecule has 2 aromatic carbocycles. The van der Waals surface area contributed by atoms with Gasteiger partial charge in [0, 0.05) is 10.0 Å². The summed E-state index contributed by atoms with van der Waals surface area (Å²) in [4.78, 5) is 27.7. The number of imide groups is 1. The Labute approximate surface area is 213 Å². The molecular formula is C28H28BrNO3S. The number of hydrogen-bond acceptors (Lipinski definition) is 4. The summed E-state index contributed by atoms with van der Waals surface area (Å²) in [5.74, 6) is 3.11. The van der Waals surface area contributed by atoms with Gasteiger partial charge in [-0.05, 0) is 115 Å². The van der Waals surface area contributed by atoms with Crippen LogP contribution in [0.25, 0.3) is 6.08 Å². The van der Waals surface area contributed by atoms with Crippen molar-refractivity contribution in [3.63, 3.8) is 0 Å². The number of thioether (sulfide) groups is 1. The second kappa shape index (κ2) is 8.56. The van der Waals surface area contributed by atoms with Crippen LogP contribution in [0.4, 0.5) is 4.79 Å². The number of benzene rings is 2.